The molecule has 0 fully saturated rings. The van der Waals surface area contributed by atoms with E-state index in [2.05, 4.69) is 129 Å². The van der Waals surface area contributed by atoms with Gasteiger partial charge in [0.25, 0.3) is 0 Å². The largest absolute Gasteiger partial charge is 0.307 e. The lowest BCUT2D eigenvalue weighted by atomic mass is 10.0. The molecule has 0 aliphatic rings. The maximum absolute atomic E-state index is 5.24. The van der Waals surface area contributed by atoms with Crippen LogP contribution in [0.3, 0.4) is 0 Å². The molecule has 0 aliphatic carbocycles. The van der Waals surface area contributed by atoms with E-state index in [4.69, 9.17) is 15.0 Å². The zero-order valence-corrected chi connectivity index (χ0v) is 25.0. The van der Waals surface area contributed by atoms with Crippen molar-refractivity contribution >= 4 is 82.2 Å². The summed E-state index contributed by atoms with van der Waals surface area (Å²) >= 11 is 0. The first-order valence-corrected chi connectivity index (χ1v) is 15.8. The van der Waals surface area contributed by atoms with Crippen LogP contribution in [0.2, 0.25) is 0 Å². The molecule has 0 aliphatic heterocycles. The van der Waals surface area contributed by atoms with Gasteiger partial charge in [0, 0.05) is 56.1 Å². The third kappa shape index (κ3) is 3.16. The number of fused-ring (bicyclic) bond motifs is 16. The maximum Gasteiger partial charge on any atom is 0.166 e. The minimum Gasteiger partial charge on any atom is -0.307 e. The van der Waals surface area contributed by atoms with Gasteiger partial charge >= 0.3 is 0 Å². The Balaban J connectivity index is 1.47. The van der Waals surface area contributed by atoms with Gasteiger partial charge in [-0.25, -0.2) is 15.0 Å². The summed E-state index contributed by atoms with van der Waals surface area (Å²) in [5, 5.41) is 8.08. The minimum absolute atomic E-state index is 0.809. The minimum atomic E-state index is 0.809. The van der Waals surface area contributed by atoms with Gasteiger partial charge in [0.05, 0.1) is 22.1 Å². The van der Waals surface area contributed by atoms with E-state index in [0.29, 0.717) is 0 Å². The van der Waals surface area contributed by atoms with Crippen LogP contribution in [0.25, 0.3) is 93.6 Å². The number of imidazole rings is 1. The molecular formula is C41H24N6. The summed E-state index contributed by atoms with van der Waals surface area (Å²) in [7, 11) is 0. The monoisotopic (exact) mass is 600 g/mol. The number of aromatic nitrogens is 6. The number of hydrogen-bond donors (Lipinski definition) is 0. The van der Waals surface area contributed by atoms with E-state index >= 15 is 0 Å². The van der Waals surface area contributed by atoms with Crippen molar-refractivity contribution in [2.24, 2.45) is 0 Å². The van der Waals surface area contributed by atoms with E-state index in [-0.39, 0.29) is 0 Å². The molecule has 6 heterocycles. The Bertz CT molecular complexity index is 3060. The quantitative estimate of drug-likeness (QED) is 0.186. The second-order valence-corrected chi connectivity index (χ2v) is 12.1. The number of nitrogens with zero attached hydrogens (tertiary/aromatic N) is 6. The number of hydrogen-bond acceptors (Lipinski definition) is 3. The molecule has 0 saturated heterocycles. The highest BCUT2D eigenvalue weighted by Crippen LogP contribution is 2.45. The fourth-order valence-corrected chi connectivity index (χ4v) is 7.85. The van der Waals surface area contributed by atoms with Gasteiger partial charge in [0.2, 0.25) is 0 Å². The predicted octanol–water partition coefficient (Wildman–Crippen LogP) is 9.78. The van der Waals surface area contributed by atoms with Gasteiger partial charge in [-0.3, -0.25) is 4.40 Å². The molecule has 0 unspecified atom stereocenters. The summed E-state index contributed by atoms with van der Waals surface area (Å²) in [6, 6.07) is 47.4. The molecule has 6 aromatic heterocycles. The molecule has 0 radical (unpaired) electrons. The van der Waals surface area contributed by atoms with E-state index in [1.807, 2.05) is 30.6 Å². The lowest BCUT2D eigenvalue weighted by Gasteiger charge is -2.12. The van der Waals surface area contributed by atoms with Gasteiger partial charge in [0.15, 0.2) is 5.65 Å². The zero-order chi connectivity index (χ0) is 30.6. The van der Waals surface area contributed by atoms with E-state index in [1.54, 1.807) is 0 Å². The number of para-hydroxylation sites is 3. The average Bonchev–Trinajstić information content (AvgIpc) is 3.80. The second kappa shape index (κ2) is 9.02. The maximum atomic E-state index is 5.24. The van der Waals surface area contributed by atoms with Crippen molar-refractivity contribution in [3.63, 3.8) is 0 Å². The van der Waals surface area contributed by atoms with E-state index in [0.717, 1.165) is 61.0 Å². The van der Waals surface area contributed by atoms with Crippen molar-refractivity contribution in [2.75, 3.05) is 0 Å². The van der Waals surface area contributed by atoms with Crippen molar-refractivity contribution in [3.05, 3.63) is 146 Å². The van der Waals surface area contributed by atoms with Gasteiger partial charge in [-0.05, 0) is 66.0 Å². The molecule has 0 atom stereocenters. The van der Waals surface area contributed by atoms with E-state index < -0.39 is 0 Å². The van der Waals surface area contributed by atoms with Crippen molar-refractivity contribution in [1.29, 1.82) is 0 Å². The molecule has 6 heteroatoms. The zero-order valence-electron chi connectivity index (χ0n) is 25.0. The number of benzene rings is 5. The summed E-state index contributed by atoms with van der Waals surface area (Å²) in [4.78, 5) is 14.9. The van der Waals surface area contributed by atoms with Crippen molar-refractivity contribution in [1.82, 2.24) is 28.5 Å². The molecule has 11 rings (SSSR count). The molecular weight excluding hydrogens is 576 g/mol. The summed E-state index contributed by atoms with van der Waals surface area (Å²) in [6.45, 7) is 0. The van der Waals surface area contributed by atoms with Crippen LogP contribution in [0.4, 0.5) is 0 Å². The van der Waals surface area contributed by atoms with Crippen LogP contribution in [0, 0.1) is 0 Å². The van der Waals surface area contributed by atoms with Crippen LogP contribution in [-0.2, 0) is 0 Å². The molecule has 47 heavy (non-hydrogen) atoms. The molecule has 0 N–H and O–H groups in total. The van der Waals surface area contributed by atoms with E-state index in [1.165, 1.54) is 32.6 Å². The Kier molecular flexibility index (Phi) is 4.75. The highest BCUT2D eigenvalue weighted by atomic mass is 15.1. The third-order valence-electron chi connectivity index (χ3n) is 9.68. The molecule has 0 saturated carbocycles. The standard InChI is InChI=1S/C41H24N6/c1-3-11-25(12-4-1)45-33-18-8-7-15-27(33)29-19-20-31-35-34(46(38(31)37(29)45)26-13-5-2-6-14-26)22-21-28-30-16-9-23-42-39(30)47-40-32(17-10-24-43-40)44-41(47)36(28)35/h1-24H. The number of rotatable bonds is 2. The van der Waals surface area contributed by atoms with Crippen molar-refractivity contribution < 1.29 is 0 Å². The molecule has 218 valence electrons. The van der Waals surface area contributed by atoms with Gasteiger partial charge < -0.3 is 9.13 Å². The summed E-state index contributed by atoms with van der Waals surface area (Å²) in [5.41, 5.74) is 10.3. The summed E-state index contributed by atoms with van der Waals surface area (Å²) in [6.07, 6.45) is 3.68. The Morgan fingerprint density at radius 1 is 0.383 bits per heavy atom. The van der Waals surface area contributed by atoms with Crippen LogP contribution in [0.15, 0.2) is 146 Å². The lowest BCUT2D eigenvalue weighted by molar-refractivity contribution is 1.15. The molecule has 0 spiro atoms. The van der Waals surface area contributed by atoms with E-state index in [9.17, 15) is 0 Å². The highest BCUT2D eigenvalue weighted by molar-refractivity contribution is 6.32. The van der Waals surface area contributed by atoms with Crippen molar-refractivity contribution in [3.8, 4) is 11.4 Å². The van der Waals surface area contributed by atoms with Crippen LogP contribution >= 0.6 is 0 Å². The molecule has 0 bridgehead atoms. The molecule has 0 amide bonds. The highest BCUT2D eigenvalue weighted by Gasteiger charge is 2.25. The second-order valence-electron chi connectivity index (χ2n) is 12.1. The van der Waals surface area contributed by atoms with Gasteiger partial charge in [-0.2, -0.15) is 0 Å². The Morgan fingerprint density at radius 3 is 1.81 bits per heavy atom. The van der Waals surface area contributed by atoms with Gasteiger partial charge in [0.1, 0.15) is 16.8 Å². The summed E-state index contributed by atoms with van der Waals surface area (Å²) < 4.78 is 7.00. The van der Waals surface area contributed by atoms with Crippen LogP contribution in [0.5, 0.6) is 0 Å². The fraction of sp³-hybridized carbons (Fsp3) is 0. The Labute approximate surface area is 267 Å². The first kappa shape index (κ1) is 24.8. The summed E-state index contributed by atoms with van der Waals surface area (Å²) in [5.74, 6) is 0. The topological polar surface area (TPSA) is 52.9 Å². The molecule has 5 aromatic carbocycles. The Morgan fingerprint density at radius 2 is 1.00 bits per heavy atom. The number of pyridine rings is 3. The van der Waals surface area contributed by atoms with Crippen molar-refractivity contribution in [2.45, 2.75) is 0 Å². The first-order valence-electron chi connectivity index (χ1n) is 15.8. The van der Waals surface area contributed by atoms with Crippen LogP contribution in [0.1, 0.15) is 0 Å². The van der Waals surface area contributed by atoms with Crippen LogP contribution < -0.4 is 0 Å². The molecule has 11 aromatic rings. The van der Waals surface area contributed by atoms with Gasteiger partial charge in [-0.1, -0.05) is 72.8 Å². The first-order chi connectivity index (χ1) is 23.4. The average molecular weight is 601 g/mol. The van der Waals surface area contributed by atoms with Gasteiger partial charge in [-0.15, -0.1) is 0 Å². The third-order valence-corrected chi connectivity index (χ3v) is 9.68. The Hall–Kier alpha value is -6.53. The fourth-order valence-electron chi connectivity index (χ4n) is 7.85. The van der Waals surface area contributed by atoms with Crippen LogP contribution in [-0.4, -0.2) is 28.5 Å². The predicted molar refractivity (Wildman–Crippen MR) is 192 cm³/mol. The normalized spacial score (nSPS) is 12.3. The smallest absolute Gasteiger partial charge is 0.166 e. The lowest BCUT2D eigenvalue weighted by Crippen LogP contribution is -1.98. The molecule has 6 nitrogen and oxygen atoms in total. The SMILES string of the molecule is c1ccc(-n2c3ccccc3c3ccc4c5c6c(ccc5n(-c5ccccc5)c4c32)c2cccnc2n2c3ncccc3nc62)cc1.